The van der Waals surface area contributed by atoms with Crippen molar-refractivity contribution in [1.29, 1.82) is 0 Å². The summed E-state index contributed by atoms with van der Waals surface area (Å²) in [5, 5.41) is 0. The maximum atomic E-state index is 12.1. The van der Waals surface area contributed by atoms with Gasteiger partial charge in [-0.05, 0) is 47.5 Å². The van der Waals surface area contributed by atoms with Crippen LogP contribution in [0.3, 0.4) is 0 Å². The number of hydrogen-bond acceptors (Lipinski definition) is 4. The lowest BCUT2D eigenvalue weighted by molar-refractivity contribution is 0.0445. The summed E-state index contributed by atoms with van der Waals surface area (Å²) in [4.78, 5) is 12.1. The second-order valence-corrected chi connectivity index (χ2v) is 4.96. The van der Waals surface area contributed by atoms with Crippen LogP contribution in [0.25, 0.3) is 11.1 Å². The van der Waals surface area contributed by atoms with E-state index < -0.39 is 0 Å². The fourth-order valence-electron chi connectivity index (χ4n) is 2.22. The Hall–Kier alpha value is -3.01. The molecule has 0 aliphatic carbocycles. The third-order valence-electron chi connectivity index (χ3n) is 3.45. The topological polar surface area (TPSA) is 48.7 Å². The average molecular weight is 308 g/mol. The first-order chi connectivity index (χ1) is 11.3. The van der Waals surface area contributed by atoms with Crippen LogP contribution in [-0.4, -0.2) is 13.1 Å². The van der Waals surface area contributed by atoms with Crippen molar-refractivity contribution in [3.63, 3.8) is 0 Å². The Balaban J connectivity index is 1.74. The summed E-state index contributed by atoms with van der Waals surface area (Å²) in [5.41, 5.74) is 2.46. The molecule has 0 aliphatic heterocycles. The number of esters is 1. The first-order valence-electron chi connectivity index (χ1n) is 7.20. The molecule has 0 saturated carbocycles. The van der Waals surface area contributed by atoms with Crippen molar-refractivity contribution in [2.75, 3.05) is 7.11 Å². The predicted octanol–water partition coefficient (Wildman–Crippen LogP) is 4.31. The Bertz CT molecular complexity index is 773. The molecule has 0 saturated heterocycles. The van der Waals surface area contributed by atoms with Crippen LogP contribution < -0.4 is 4.74 Å². The van der Waals surface area contributed by atoms with Gasteiger partial charge in [0.2, 0.25) is 0 Å². The number of carbonyl (C=O) groups is 1. The van der Waals surface area contributed by atoms with Crippen molar-refractivity contribution in [2.45, 2.75) is 6.61 Å². The third kappa shape index (κ3) is 3.61. The number of hydrogen-bond donors (Lipinski definition) is 0. The lowest BCUT2D eigenvalue weighted by Crippen LogP contribution is -2.04. The van der Waals surface area contributed by atoms with Gasteiger partial charge in [-0.1, -0.05) is 24.3 Å². The van der Waals surface area contributed by atoms with Gasteiger partial charge in [0.25, 0.3) is 0 Å². The largest absolute Gasteiger partial charge is 0.497 e. The minimum atomic E-state index is -0.378. The summed E-state index contributed by atoms with van der Waals surface area (Å²) in [7, 11) is 1.63. The van der Waals surface area contributed by atoms with Crippen LogP contribution in [0.2, 0.25) is 0 Å². The fraction of sp³-hybridized carbons (Fsp3) is 0.105. The molecule has 3 rings (SSSR count). The normalized spacial score (nSPS) is 10.3. The van der Waals surface area contributed by atoms with E-state index in [1.165, 1.54) is 0 Å². The van der Waals surface area contributed by atoms with Gasteiger partial charge in [-0.25, -0.2) is 4.79 Å². The van der Waals surface area contributed by atoms with Crippen LogP contribution in [0, 0.1) is 0 Å². The molecule has 0 aliphatic rings. The lowest BCUT2D eigenvalue weighted by atomic mass is 10.0. The van der Waals surface area contributed by atoms with E-state index in [0.717, 1.165) is 16.9 Å². The number of rotatable bonds is 5. The van der Waals surface area contributed by atoms with Crippen LogP contribution in [0.4, 0.5) is 0 Å². The van der Waals surface area contributed by atoms with E-state index in [1.54, 1.807) is 31.6 Å². The molecule has 0 amide bonds. The summed E-state index contributed by atoms with van der Waals surface area (Å²) >= 11 is 0. The Morgan fingerprint density at radius 1 is 1.00 bits per heavy atom. The van der Waals surface area contributed by atoms with E-state index in [0.29, 0.717) is 11.3 Å². The van der Waals surface area contributed by atoms with Gasteiger partial charge in [0.15, 0.2) is 0 Å². The molecule has 3 aromatic rings. The second kappa shape index (κ2) is 6.83. The summed E-state index contributed by atoms with van der Waals surface area (Å²) in [6, 6.07) is 18.5. The highest BCUT2D eigenvalue weighted by molar-refractivity contribution is 5.91. The molecule has 4 nitrogen and oxygen atoms in total. The highest BCUT2D eigenvalue weighted by atomic mass is 16.5. The number of ether oxygens (including phenoxy) is 2. The average Bonchev–Trinajstić information content (AvgIpc) is 3.13. The molecule has 1 aromatic heterocycles. The van der Waals surface area contributed by atoms with Crippen molar-refractivity contribution in [2.24, 2.45) is 0 Å². The van der Waals surface area contributed by atoms with Crippen LogP contribution in [0.15, 0.2) is 71.3 Å². The van der Waals surface area contributed by atoms with Gasteiger partial charge in [0.1, 0.15) is 18.1 Å². The zero-order valence-corrected chi connectivity index (χ0v) is 12.7. The molecule has 2 aromatic carbocycles. The zero-order chi connectivity index (χ0) is 16.1. The molecule has 0 N–H and O–H groups in total. The Morgan fingerprint density at radius 3 is 2.52 bits per heavy atom. The summed E-state index contributed by atoms with van der Waals surface area (Å²) in [6.07, 6.45) is 1.55. The van der Waals surface area contributed by atoms with Gasteiger partial charge >= 0.3 is 5.97 Å². The lowest BCUT2D eigenvalue weighted by Gasteiger charge is -2.07. The molecular weight excluding hydrogens is 292 g/mol. The Labute approximate surface area is 134 Å². The van der Waals surface area contributed by atoms with E-state index in [1.807, 2.05) is 42.5 Å². The van der Waals surface area contributed by atoms with Crippen LogP contribution in [0.1, 0.15) is 16.1 Å². The number of furan rings is 1. The molecular formula is C19H16O4. The van der Waals surface area contributed by atoms with Crippen LogP contribution >= 0.6 is 0 Å². The van der Waals surface area contributed by atoms with E-state index in [9.17, 15) is 4.79 Å². The number of benzene rings is 2. The van der Waals surface area contributed by atoms with Gasteiger partial charge in [-0.15, -0.1) is 0 Å². The second-order valence-electron chi connectivity index (χ2n) is 4.96. The van der Waals surface area contributed by atoms with E-state index in [2.05, 4.69) is 0 Å². The summed E-state index contributed by atoms with van der Waals surface area (Å²) in [6.45, 7) is 0.124. The smallest absolute Gasteiger partial charge is 0.338 e. The Kier molecular flexibility index (Phi) is 4.43. The molecule has 116 valence electrons. The van der Waals surface area contributed by atoms with Crippen LogP contribution in [0.5, 0.6) is 5.75 Å². The van der Waals surface area contributed by atoms with Gasteiger partial charge < -0.3 is 13.9 Å². The van der Waals surface area contributed by atoms with Crippen molar-refractivity contribution < 1.29 is 18.7 Å². The zero-order valence-electron chi connectivity index (χ0n) is 12.7. The number of carbonyl (C=O) groups excluding carboxylic acids is 1. The van der Waals surface area contributed by atoms with Gasteiger partial charge in [-0.2, -0.15) is 0 Å². The first kappa shape index (κ1) is 14.9. The molecule has 0 spiro atoms. The van der Waals surface area contributed by atoms with E-state index in [-0.39, 0.29) is 12.6 Å². The molecule has 0 atom stereocenters. The Morgan fingerprint density at radius 2 is 1.83 bits per heavy atom. The van der Waals surface area contributed by atoms with Crippen molar-refractivity contribution in [3.8, 4) is 16.9 Å². The molecule has 1 heterocycles. The maximum absolute atomic E-state index is 12.1. The van der Waals surface area contributed by atoms with Crippen LogP contribution in [-0.2, 0) is 11.3 Å². The van der Waals surface area contributed by atoms with Gasteiger partial charge in [0, 0.05) is 0 Å². The standard InChI is InChI=1S/C19H16O4/c1-21-17-9-7-14(8-10-17)15-4-2-5-16(12-15)19(20)23-13-18-6-3-11-22-18/h2-12H,13H2,1H3. The maximum Gasteiger partial charge on any atom is 0.338 e. The minimum absolute atomic E-state index is 0.124. The fourth-order valence-corrected chi connectivity index (χ4v) is 2.22. The predicted molar refractivity (Wildman–Crippen MR) is 86.3 cm³/mol. The third-order valence-corrected chi connectivity index (χ3v) is 3.45. The quantitative estimate of drug-likeness (QED) is 0.659. The van der Waals surface area contributed by atoms with Gasteiger partial charge in [-0.3, -0.25) is 0 Å². The van der Waals surface area contributed by atoms with Gasteiger partial charge in [0.05, 0.1) is 18.9 Å². The van der Waals surface area contributed by atoms with Crippen molar-refractivity contribution in [3.05, 3.63) is 78.3 Å². The number of methoxy groups -OCH3 is 1. The SMILES string of the molecule is COc1ccc(-c2cccc(C(=O)OCc3ccco3)c2)cc1. The van der Waals surface area contributed by atoms with Crippen molar-refractivity contribution in [1.82, 2.24) is 0 Å². The highest BCUT2D eigenvalue weighted by Crippen LogP contribution is 2.23. The highest BCUT2D eigenvalue weighted by Gasteiger charge is 2.10. The minimum Gasteiger partial charge on any atom is -0.497 e. The monoisotopic (exact) mass is 308 g/mol. The molecule has 23 heavy (non-hydrogen) atoms. The summed E-state index contributed by atoms with van der Waals surface area (Å²) in [5.74, 6) is 1.03. The van der Waals surface area contributed by atoms with E-state index in [4.69, 9.17) is 13.9 Å². The molecule has 0 fully saturated rings. The molecule has 0 bridgehead atoms. The molecule has 0 radical (unpaired) electrons. The van der Waals surface area contributed by atoms with E-state index >= 15 is 0 Å². The molecule has 4 heteroatoms. The summed E-state index contributed by atoms with van der Waals surface area (Å²) < 4.78 is 15.5. The molecule has 0 unspecified atom stereocenters. The van der Waals surface area contributed by atoms with Crippen molar-refractivity contribution >= 4 is 5.97 Å². The first-order valence-corrected chi connectivity index (χ1v) is 7.20.